The maximum atomic E-state index is 2.53. The number of rotatable bonds is 1. The minimum absolute atomic E-state index is 0. The van der Waals surface area contributed by atoms with E-state index in [0.29, 0.717) is 0 Å². The quantitative estimate of drug-likeness (QED) is 0.214. The molecule has 2 bridgehead atoms. The number of hydrogen-bond donors (Lipinski definition) is 0. The first-order valence-corrected chi connectivity index (χ1v) is 20.4. The minimum atomic E-state index is -1.63. The Labute approximate surface area is 223 Å². The van der Waals surface area contributed by atoms with Gasteiger partial charge in [0.25, 0.3) is 0 Å². The van der Waals surface area contributed by atoms with Crippen LogP contribution in [0, 0.1) is 0 Å². The van der Waals surface area contributed by atoms with Crippen LogP contribution >= 0.6 is 0 Å². The number of benzene rings is 6. The van der Waals surface area contributed by atoms with E-state index in [4.69, 9.17) is 0 Å². The average molecular weight is 580 g/mol. The van der Waals surface area contributed by atoms with Gasteiger partial charge in [0.1, 0.15) is 0 Å². The van der Waals surface area contributed by atoms with Gasteiger partial charge in [-0.15, -0.1) is 0 Å². The van der Waals surface area contributed by atoms with Gasteiger partial charge in [-0.05, 0) is 0 Å². The summed E-state index contributed by atoms with van der Waals surface area (Å²) in [6, 6.07) is 30.3. The standard InChI is InChI=1S/C31H17Si.2ClH.Zr/c1-17-24-22-15-8-16-23-26(22)29-27(21-14-7-12-18-9-5-6-13-20(18)21)30(24)31(32-17)25(28(23)29)19-10-3-2-4-11-19;;;/h2-3,5-10,12-16,32H,1H3;2*1H;/q;;;+2/p-2. The largest absolute Gasteiger partial charge is 1.00 e. The zero-order valence-electron chi connectivity index (χ0n) is 18.8. The van der Waals surface area contributed by atoms with Crippen LogP contribution < -0.4 is 41.8 Å². The van der Waals surface area contributed by atoms with E-state index in [2.05, 4.69) is 85.8 Å². The van der Waals surface area contributed by atoms with Crippen molar-refractivity contribution in [1.82, 2.24) is 0 Å². The van der Waals surface area contributed by atoms with E-state index in [9.17, 15) is 0 Å². The molecule has 10 rings (SSSR count). The van der Waals surface area contributed by atoms with Crippen molar-refractivity contribution >= 4 is 65.9 Å². The van der Waals surface area contributed by atoms with Gasteiger partial charge in [-0.25, -0.2) is 0 Å². The second kappa shape index (κ2) is 6.55. The third-order valence-corrected chi connectivity index (χ3v) is 29.4. The molecule has 0 aromatic heterocycles. The van der Waals surface area contributed by atoms with E-state index in [1.807, 2.05) is 16.9 Å². The molecule has 3 heterocycles. The van der Waals surface area contributed by atoms with Gasteiger partial charge < -0.3 is 24.8 Å². The van der Waals surface area contributed by atoms with Crippen molar-refractivity contribution in [2.24, 2.45) is 0 Å². The van der Waals surface area contributed by atoms with E-state index < -0.39 is 26.8 Å². The molecule has 3 aliphatic rings. The van der Waals surface area contributed by atoms with E-state index >= 15 is 0 Å². The van der Waals surface area contributed by atoms with Gasteiger partial charge in [-0.3, -0.25) is 0 Å². The van der Waals surface area contributed by atoms with Gasteiger partial charge in [0, 0.05) is 0 Å². The fourth-order valence-corrected chi connectivity index (χ4v) is 33.7. The third-order valence-electron chi connectivity index (χ3n) is 8.94. The van der Waals surface area contributed by atoms with E-state index in [0.717, 1.165) is 0 Å². The average Bonchev–Trinajstić information content (AvgIpc) is 3.48. The molecule has 0 nitrogen and oxygen atoms in total. The first-order chi connectivity index (χ1) is 16.3. The van der Waals surface area contributed by atoms with Gasteiger partial charge >= 0.3 is 200 Å². The second-order valence-electron chi connectivity index (χ2n) is 10.2. The Morgan fingerprint density at radius 2 is 1.31 bits per heavy atom. The molecule has 35 heavy (non-hydrogen) atoms. The molecular weight excluding hydrogens is 563 g/mol. The van der Waals surface area contributed by atoms with Gasteiger partial charge in [0.15, 0.2) is 0 Å². The number of hydrogen-bond acceptors (Lipinski definition) is 0. The molecule has 0 saturated heterocycles. The summed E-state index contributed by atoms with van der Waals surface area (Å²) in [6.07, 6.45) is 0. The minimum Gasteiger partial charge on any atom is -1.00 e. The zero-order chi connectivity index (χ0) is 21.2. The van der Waals surface area contributed by atoms with E-state index in [-0.39, 0.29) is 24.8 Å². The topological polar surface area (TPSA) is 0 Å². The monoisotopic (exact) mass is 577 g/mol. The van der Waals surface area contributed by atoms with Crippen molar-refractivity contribution in [3.05, 3.63) is 84.1 Å². The Kier molecular flexibility index (Phi) is 3.92. The molecule has 0 amide bonds. The summed E-state index contributed by atoms with van der Waals surface area (Å²) in [6.45, 7) is 2.53. The maximum Gasteiger partial charge on any atom is -1.00 e. The Hall–Kier alpha value is -2.22. The van der Waals surface area contributed by atoms with Crippen LogP contribution in [0.3, 0.4) is 0 Å². The second-order valence-corrected chi connectivity index (χ2v) is 24.7. The molecule has 3 aliphatic heterocycles. The normalized spacial score (nSPS) is 16.4. The van der Waals surface area contributed by atoms with E-state index in [1.54, 1.807) is 48.8 Å². The molecule has 0 radical (unpaired) electrons. The smallest absolute Gasteiger partial charge is 1.00 e. The fraction of sp³-hybridized carbons (Fsp3) is 0.0323. The van der Waals surface area contributed by atoms with Crippen molar-refractivity contribution in [3.63, 3.8) is 0 Å². The van der Waals surface area contributed by atoms with Crippen LogP contribution in [0.25, 0.3) is 70.5 Å². The van der Waals surface area contributed by atoms with Crippen molar-refractivity contribution in [3.8, 4) is 22.3 Å². The van der Waals surface area contributed by atoms with Crippen LogP contribution in [0.1, 0.15) is 6.92 Å². The molecule has 0 saturated carbocycles. The molecule has 0 aliphatic carbocycles. The number of fused-ring (bicyclic) bond motifs is 7. The van der Waals surface area contributed by atoms with Crippen LogP contribution in [0.2, 0.25) is 0 Å². The van der Waals surface area contributed by atoms with Crippen molar-refractivity contribution < 1.29 is 45.7 Å². The number of halogens is 2. The van der Waals surface area contributed by atoms with Crippen LogP contribution in [0.5, 0.6) is 0 Å². The van der Waals surface area contributed by atoms with Crippen LogP contribution in [0.4, 0.5) is 0 Å². The fourth-order valence-electron chi connectivity index (χ4n) is 7.78. The summed E-state index contributed by atoms with van der Waals surface area (Å²) in [5.74, 6) is -1.09. The molecule has 4 heteroatoms. The first-order valence-electron chi connectivity index (χ1n) is 11.9. The summed E-state index contributed by atoms with van der Waals surface area (Å²) in [5, 5.41) is 17.5. The Morgan fingerprint density at radius 3 is 2.23 bits per heavy atom. The molecule has 7 aromatic carbocycles. The predicted molar refractivity (Wildman–Crippen MR) is 140 cm³/mol. The summed E-state index contributed by atoms with van der Waals surface area (Å²) < 4.78 is 3.73. The van der Waals surface area contributed by atoms with Crippen molar-refractivity contribution in [2.75, 3.05) is 0 Å². The van der Waals surface area contributed by atoms with Gasteiger partial charge in [0.05, 0.1) is 0 Å². The third kappa shape index (κ3) is 2.07. The van der Waals surface area contributed by atoms with Crippen molar-refractivity contribution in [2.45, 2.75) is 6.92 Å². The predicted octanol–water partition coefficient (Wildman–Crippen LogP) is -1.21. The van der Waals surface area contributed by atoms with Gasteiger partial charge in [-0.1, -0.05) is 0 Å². The molecule has 0 spiro atoms. The molecule has 1 unspecified atom stereocenters. The van der Waals surface area contributed by atoms with Crippen LogP contribution in [0.15, 0.2) is 78.9 Å². The Bertz CT molecular complexity index is 2110. The molecule has 1 atom stereocenters. The van der Waals surface area contributed by atoms with Crippen molar-refractivity contribution in [1.29, 1.82) is 0 Å². The SMILES string of the molecule is CC1=c2c3c4c(c5c6cccc2c6c5c3-c2cccc3ccccc23)-c2ccc[c]3[c]2[Zr+2]3[SiH]14.[Cl-].[Cl-]. The van der Waals surface area contributed by atoms with E-state index in [1.165, 1.54) is 21.7 Å². The summed E-state index contributed by atoms with van der Waals surface area (Å²) in [4.78, 5) is 0. The van der Waals surface area contributed by atoms with Crippen LogP contribution in [-0.4, -0.2) is 5.92 Å². The Morgan fingerprint density at radius 1 is 0.600 bits per heavy atom. The zero-order valence-corrected chi connectivity index (χ0v) is 24.0. The van der Waals surface area contributed by atoms with Gasteiger partial charge in [-0.2, -0.15) is 0 Å². The molecular formula is C31H17Cl2SiZr. The Balaban J connectivity index is 0.000000980. The van der Waals surface area contributed by atoms with Gasteiger partial charge in [0.2, 0.25) is 0 Å². The summed E-state index contributed by atoms with van der Waals surface area (Å²) >= 11 is -1.63. The summed E-state index contributed by atoms with van der Waals surface area (Å²) in [7, 11) is 0. The molecule has 0 fully saturated rings. The maximum absolute atomic E-state index is 2.53. The van der Waals surface area contributed by atoms with Crippen LogP contribution in [-0.2, 0) is 20.9 Å². The molecule has 0 N–H and O–H groups in total. The molecule has 163 valence electrons. The molecule has 7 aromatic rings. The summed E-state index contributed by atoms with van der Waals surface area (Å²) in [5.41, 5.74) is 6.31. The first kappa shape index (κ1) is 20.9.